The molecule has 0 amide bonds. The number of hydrogen-bond acceptors (Lipinski definition) is 4. The molecular weight excluding hydrogens is 312 g/mol. The Labute approximate surface area is 116 Å². The molecule has 1 aromatic carbocycles. The summed E-state index contributed by atoms with van der Waals surface area (Å²) < 4.78 is 1.06. The predicted octanol–water partition coefficient (Wildman–Crippen LogP) is 3.54. The molecule has 0 spiro atoms. The maximum Gasteiger partial charge on any atom is 0.129 e. The standard InChI is InChI=1S/C12H9BrN4S/c13-8-3-1-7(2-4-8)10-6-18-12(16-10)9-5-15-17-11(9)14/h1-6H,(H3,14,15,17). The van der Waals surface area contributed by atoms with Crippen molar-refractivity contribution < 1.29 is 0 Å². The molecule has 0 saturated carbocycles. The van der Waals surface area contributed by atoms with Gasteiger partial charge in [0.15, 0.2) is 0 Å². The number of nitrogens with zero attached hydrogens (tertiary/aromatic N) is 2. The highest BCUT2D eigenvalue weighted by Gasteiger charge is 2.10. The second kappa shape index (κ2) is 4.55. The van der Waals surface area contributed by atoms with Gasteiger partial charge in [0.05, 0.1) is 17.5 Å². The highest BCUT2D eigenvalue weighted by Crippen LogP contribution is 2.31. The quantitative estimate of drug-likeness (QED) is 0.758. The number of halogens is 1. The lowest BCUT2D eigenvalue weighted by molar-refractivity contribution is 1.10. The first kappa shape index (κ1) is 11.4. The maximum absolute atomic E-state index is 5.78. The molecule has 2 heterocycles. The van der Waals surface area contributed by atoms with Crippen LogP contribution in [0, 0.1) is 0 Å². The molecule has 90 valence electrons. The van der Waals surface area contributed by atoms with Gasteiger partial charge in [0.2, 0.25) is 0 Å². The third kappa shape index (κ3) is 2.04. The molecular formula is C12H9BrN4S. The minimum absolute atomic E-state index is 0.548. The van der Waals surface area contributed by atoms with Crippen LogP contribution in [0.3, 0.4) is 0 Å². The summed E-state index contributed by atoms with van der Waals surface area (Å²) >= 11 is 4.98. The molecule has 0 aliphatic heterocycles. The molecule has 3 aromatic rings. The molecule has 4 nitrogen and oxygen atoms in total. The van der Waals surface area contributed by atoms with E-state index in [4.69, 9.17) is 5.73 Å². The molecule has 0 aliphatic rings. The molecule has 18 heavy (non-hydrogen) atoms. The van der Waals surface area contributed by atoms with Crippen LogP contribution in [0.5, 0.6) is 0 Å². The highest BCUT2D eigenvalue weighted by atomic mass is 79.9. The van der Waals surface area contributed by atoms with Crippen molar-refractivity contribution in [2.24, 2.45) is 0 Å². The third-order valence-corrected chi connectivity index (χ3v) is 3.95. The topological polar surface area (TPSA) is 67.6 Å². The van der Waals surface area contributed by atoms with Crippen LogP contribution in [0.1, 0.15) is 0 Å². The van der Waals surface area contributed by atoms with Gasteiger partial charge in [0.25, 0.3) is 0 Å². The van der Waals surface area contributed by atoms with Crippen LogP contribution in [0.15, 0.2) is 40.3 Å². The van der Waals surface area contributed by atoms with Gasteiger partial charge < -0.3 is 5.73 Å². The van der Waals surface area contributed by atoms with E-state index in [-0.39, 0.29) is 0 Å². The van der Waals surface area contributed by atoms with Gasteiger partial charge in [0.1, 0.15) is 10.8 Å². The van der Waals surface area contributed by atoms with E-state index in [1.807, 2.05) is 29.6 Å². The average Bonchev–Trinajstić information content (AvgIpc) is 2.98. The molecule has 0 saturated heterocycles. The SMILES string of the molecule is Nc1[nH]ncc1-c1nc(-c2ccc(Br)cc2)cs1. The normalized spacial score (nSPS) is 10.7. The average molecular weight is 321 g/mol. The fourth-order valence-electron chi connectivity index (χ4n) is 1.62. The van der Waals surface area contributed by atoms with Gasteiger partial charge in [-0.05, 0) is 12.1 Å². The Morgan fingerprint density at radius 1 is 1.22 bits per heavy atom. The number of thiazole rings is 1. The number of nitrogen functional groups attached to an aromatic ring is 1. The van der Waals surface area contributed by atoms with Crippen LogP contribution in [-0.4, -0.2) is 15.2 Å². The number of hydrogen-bond donors (Lipinski definition) is 2. The number of rotatable bonds is 2. The fraction of sp³-hybridized carbons (Fsp3) is 0. The summed E-state index contributed by atoms with van der Waals surface area (Å²) in [7, 11) is 0. The van der Waals surface area contributed by atoms with E-state index in [0.29, 0.717) is 5.82 Å². The van der Waals surface area contributed by atoms with Gasteiger partial charge >= 0.3 is 0 Å². The molecule has 0 atom stereocenters. The lowest BCUT2D eigenvalue weighted by atomic mass is 10.2. The van der Waals surface area contributed by atoms with E-state index >= 15 is 0 Å². The molecule has 0 radical (unpaired) electrons. The first-order chi connectivity index (χ1) is 8.74. The molecule has 3 rings (SSSR count). The third-order valence-electron chi connectivity index (χ3n) is 2.54. The van der Waals surface area contributed by atoms with Crippen LogP contribution in [0.25, 0.3) is 21.8 Å². The van der Waals surface area contributed by atoms with Crippen molar-refractivity contribution in [2.75, 3.05) is 5.73 Å². The van der Waals surface area contributed by atoms with Crippen LogP contribution >= 0.6 is 27.3 Å². The smallest absolute Gasteiger partial charge is 0.129 e. The molecule has 0 fully saturated rings. The summed E-state index contributed by atoms with van der Waals surface area (Å²) in [5, 5.41) is 9.51. The van der Waals surface area contributed by atoms with Gasteiger partial charge in [-0.2, -0.15) is 5.10 Å². The van der Waals surface area contributed by atoms with Gasteiger partial charge in [-0.15, -0.1) is 11.3 Å². The number of H-pyrrole nitrogens is 1. The Hall–Kier alpha value is -1.66. The van der Waals surface area contributed by atoms with Gasteiger partial charge in [-0.25, -0.2) is 4.98 Å². The van der Waals surface area contributed by atoms with E-state index in [2.05, 4.69) is 31.1 Å². The van der Waals surface area contributed by atoms with Crippen molar-refractivity contribution in [2.45, 2.75) is 0 Å². The van der Waals surface area contributed by atoms with Crippen molar-refractivity contribution in [3.63, 3.8) is 0 Å². The lowest BCUT2D eigenvalue weighted by Gasteiger charge is -1.96. The van der Waals surface area contributed by atoms with E-state index < -0.39 is 0 Å². The zero-order chi connectivity index (χ0) is 12.5. The second-order valence-corrected chi connectivity index (χ2v) is 5.52. The summed E-state index contributed by atoms with van der Waals surface area (Å²) in [5.74, 6) is 0.548. The first-order valence-corrected chi connectivity index (χ1v) is 6.92. The van der Waals surface area contributed by atoms with Gasteiger partial charge in [-0.1, -0.05) is 28.1 Å². The fourth-order valence-corrected chi connectivity index (χ4v) is 2.73. The molecule has 3 N–H and O–H groups in total. The Balaban J connectivity index is 1.99. The minimum atomic E-state index is 0.548. The van der Waals surface area contributed by atoms with Crippen molar-refractivity contribution in [1.82, 2.24) is 15.2 Å². The van der Waals surface area contributed by atoms with Crippen molar-refractivity contribution >= 4 is 33.1 Å². The van der Waals surface area contributed by atoms with Crippen LogP contribution in [0.2, 0.25) is 0 Å². The number of anilines is 1. The zero-order valence-corrected chi connectivity index (χ0v) is 11.6. The summed E-state index contributed by atoms with van der Waals surface area (Å²) in [6, 6.07) is 8.06. The number of aromatic nitrogens is 3. The number of nitrogens with one attached hydrogen (secondary N) is 1. The summed E-state index contributed by atoms with van der Waals surface area (Å²) in [6.45, 7) is 0. The molecule has 0 aliphatic carbocycles. The van der Waals surface area contributed by atoms with E-state index in [0.717, 1.165) is 26.3 Å². The molecule has 0 bridgehead atoms. The molecule has 6 heteroatoms. The maximum atomic E-state index is 5.78. The van der Waals surface area contributed by atoms with E-state index in [1.54, 1.807) is 17.5 Å². The monoisotopic (exact) mass is 320 g/mol. The summed E-state index contributed by atoms with van der Waals surface area (Å²) in [5.41, 5.74) is 8.67. The van der Waals surface area contributed by atoms with E-state index in [1.165, 1.54) is 0 Å². The molecule has 2 aromatic heterocycles. The van der Waals surface area contributed by atoms with Crippen LogP contribution in [-0.2, 0) is 0 Å². The number of aromatic amines is 1. The Morgan fingerprint density at radius 3 is 2.67 bits per heavy atom. The Kier molecular flexibility index (Phi) is 2.89. The summed E-state index contributed by atoms with van der Waals surface area (Å²) in [4.78, 5) is 4.58. The molecule has 0 unspecified atom stereocenters. The Bertz CT molecular complexity index is 671. The van der Waals surface area contributed by atoms with Gasteiger partial charge in [-0.3, -0.25) is 5.10 Å². The van der Waals surface area contributed by atoms with Crippen LogP contribution < -0.4 is 5.73 Å². The predicted molar refractivity (Wildman–Crippen MR) is 77.2 cm³/mol. The Morgan fingerprint density at radius 2 is 2.00 bits per heavy atom. The van der Waals surface area contributed by atoms with Crippen LogP contribution in [0.4, 0.5) is 5.82 Å². The van der Waals surface area contributed by atoms with Crippen molar-refractivity contribution in [3.05, 3.63) is 40.3 Å². The van der Waals surface area contributed by atoms with Crippen molar-refractivity contribution in [1.29, 1.82) is 0 Å². The minimum Gasteiger partial charge on any atom is -0.383 e. The number of benzene rings is 1. The largest absolute Gasteiger partial charge is 0.383 e. The highest BCUT2D eigenvalue weighted by molar-refractivity contribution is 9.10. The van der Waals surface area contributed by atoms with Crippen molar-refractivity contribution in [3.8, 4) is 21.8 Å². The number of nitrogens with two attached hydrogens (primary N) is 1. The van der Waals surface area contributed by atoms with Gasteiger partial charge in [0, 0.05) is 15.4 Å². The lowest BCUT2D eigenvalue weighted by Crippen LogP contribution is -1.87. The first-order valence-electron chi connectivity index (χ1n) is 5.25. The summed E-state index contributed by atoms with van der Waals surface area (Å²) in [6.07, 6.45) is 1.69. The van der Waals surface area contributed by atoms with E-state index in [9.17, 15) is 0 Å². The second-order valence-electron chi connectivity index (χ2n) is 3.74. The zero-order valence-electron chi connectivity index (χ0n) is 9.22.